The molecule has 6 heteroatoms. The first kappa shape index (κ1) is 16.6. The summed E-state index contributed by atoms with van der Waals surface area (Å²) in [5.41, 5.74) is 0.866. The van der Waals surface area contributed by atoms with Crippen molar-refractivity contribution in [2.45, 2.75) is 39.2 Å². The minimum atomic E-state index is -0.482. The summed E-state index contributed by atoms with van der Waals surface area (Å²) in [5.74, 6) is 0.893. The van der Waals surface area contributed by atoms with E-state index in [9.17, 15) is 4.79 Å². The second-order valence-electron chi connectivity index (χ2n) is 5.10. The molecule has 2 aromatic rings. The van der Waals surface area contributed by atoms with E-state index in [0.29, 0.717) is 17.4 Å². The summed E-state index contributed by atoms with van der Waals surface area (Å²) in [7, 11) is 0. The average Bonchev–Trinajstić information content (AvgIpc) is 3.23. The summed E-state index contributed by atoms with van der Waals surface area (Å²) in [4.78, 5) is 12.0. The van der Waals surface area contributed by atoms with Crippen molar-refractivity contribution < 1.29 is 13.7 Å². The van der Waals surface area contributed by atoms with Gasteiger partial charge in [-0.3, -0.25) is 4.79 Å². The molecule has 0 atom stereocenters. The lowest BCUT2D eigenvalue weighted by Gasteiger charge is -2.05. The van der Waals surface area contributed by atoms with Crippen molar-refractivity contribution in [1.29, 1.82) is 5.26 Å². The van der Waals surface area contributed by atoms with Crippen molar-refractivity contribution in [2.24, 2.45) is 0 Å². The van der Waals surface area contributed by atoms with Crippen molar-refractivity contribution in [3.63, 3.8) is 0 Å². The molecule has 1 amide bonds. The fraction of sp³-hybridized carbons (Fsp3) is 0.353. The van der Waals surface area contributed by atoms with Crippen LogP contribution in [0, 0.1) is 11.3 Å². The SMILES string of the molecule is CCC(CC)c1cc(CNC(=O)/C(C#N)=C\c2ccco2)on1. The molecule has 0 saturated heterocycles. The largest absolute Gasteiger partial charge is 0.465 e. The molecule has 0 saturated carbocycles. The van der Waals surface area contributed by atoms with Gasteiger partial charge in [-0.2, -0.15) is 5.26 Å². The highest BCUT2D eigenvalue weighted by Gasteiger charge is 2.14. The van der Waals surface area contributed by atoms with Gasteiger partial charge in [-0.1, -0.05) is 19.0 Å². The number of nitrogens with zero attached hydrogens (tertiary/aromatic N) is 2. The summed E-state index contributed by atoms with van der Waals surface area (Å²) >= 11 is 0. The topological polar surface area (TPSA) is 92.1 Å². The van der Waals surface area contributed by atoms with Crippen LogP contribution in [-0.4, -0.2) is 11.1 Å². The minimum Gasteiger partial charge on any atom is -0.465 e. The lowest BCUT2D eigenvalue weighted by molar-refractivity contribution is -0.117. The molecule has 0 bridgehead atoms. The fourth-order valence-electron chi connectivity index (χ4n) is 2.24. The number of amides is 1. The van der Waals surface area contributed by atoms with Crippen LogP contribution >= 0.6 is 0 Å². The molecular weight excluding hydrogens is 294 g/mol. The first-order chi connectivity index (χ1) is 11.2. The van der Waals surface area contributed by atoms with Gasteiger partial charge in [0, 0.05) is 18.1 Å². The molecule has 23 heavy (non-hydrogen) atoms. The summed E-state index contributed by atoms with van der Waals surface area (Å²) in [6.45, 7) is 4.38. The predicted molar refractivity (Wildman–Crippen MR) is 84.0 cm³/mol. The van der Waals surface area contributed by atoms with Gasteiger partial charge < -0.3 is 14.3 Å². The standard InChI is InChI=1S/C17H19N3O3/c1-3-12(4-2)16-9-15(23-20-16)11-19-17(21)13(10-18)8-14-6-5-7-22-14/h5-9,12H,3-4,11H2,1-2H3,(H,19,21)/b13-8-. The molecule has 2 rings (SSSR count). The van der Waals surface area contributed by atoms with Crippen molar-refractivity contribution in [3.05, 3.63) is 47.2 Å². The zero-order chi connectivity index (χ0) is 16.7. The Bertz CT molecular complexity index is 704. The monoisotopic (exact) mass is 313 g/mol. The Kier molecular flexibility index (Phi) is 5.75. The lowest BCUT2D eigenvalue weighted by atomic mass is 9.99. The van der Waals surface area contributed by atoms with Gasteiger partial charge in [0.25, 0.3) is 5.91 Å². The molecule has 0 spiro atoms. The van der Waals surface area contributed by atoms with Crippen LogP contribution in [0.4, 0.5) is 0 Å². The quantitative estimate of drug-likeness (QED) is 0.624. The summed E-state index contributed by atoms with van der Waals surface area (Å²) in [5, 5.41) is 15.8. The van der Waals surface area contributed by atoms with E-state index in [1.807, 2.05) is 12.1 Å². The van der Waals surface area contributed by atoms with Crippen LogP contribution < -0.4 is 5.32 Å². The number of rotatable bonds is 7. The summed E-state index contributed by atoms with van der Waals surface area (Å²) in [6.07, 6.45) is 4.84. The third kappa shape index (κ3) is 4.33. The Morgan fingerprint density at radius 1 is 1.48 bits per heavy atom. The maximum atomic E-state index is 12.0. The van der Waals surface area contributed by atoms with Crippen LogP contribution in [0.3, 0.4) is 0 Å². The fourth-order valence-corrected chi connectivity index (χ4v) is 2.24. The van der Waals surface area contributed by atoms with Gasteiger partial charge in [0.2, 0.25) is 0 Å². The molecule has 2 aromatic heterocycles. The van der Waals surface area contributed by atoms with Crippen LogP contribution in [0.5, 0.6) is 0 Å². The molecule has 0 unspecified atom stereocenters. The highest BCUT2D eigenvalue weighted by molar-refractivity contribution is 6.01. The van der Waals surface area contributed by atoms with Crippen molar-refractivity contribution in [3.8, 4) is 6.07 Å². The molecule has 0 aliphatic rings. The Morgan fingerprint density at radius 2 is 2.26 bits per heavy atom. The zero-order valence-electron chi connectivity index (χ0n) is 13.2. The van der Waals surface area contributed by atoms with Crippen LogP contribution in [-0.2, 0) is 11.3 Å². The van der Waals surface area contributed by atoms with Crippen molar-refractivity contribution in [2.75, 3.05) is 0 Å². The van der Waals surface area contributed by atoms with Crippen LogP contribution in [0.2, 0.25) is 0 Å². The highest BCUT2D eigenvalue weighted by Crippen LogP contribution is 2.22. The average molecular weight is 313 g/mol. The van der Waals surface area contributed by atoms with Gasteiger partial charge in [0.1, 0.15) is 17.4 Å². The van der Waals surface area contributed by atoms with Gasteiger partial charge in [0.05, 0.1) is 18.5 Å². The number of hydrogen-bond acceptors (Lipinski definition) is 5. The third-order valence-electron chi connectivity index (χ3n) is 3.60. The molecule has 0 radical (unpaired) electrons. The number of aromatic nitrogens is 1. The van der Waals surface area contributed by atoms with Crippen molar-refractivity contribution in [1.82, 2.24) is 10.5 Å². The van der Waals surface area contributed by atoms with E-state index in [-0.39, 0.29) is 12.1 Å². The Morgan fingerprint density at radius 3 is 2.87 bits per heavy atom. The first-order valence-electron chi connectivity index (χ1n) is 7.56. The van der Waals surface area contributed by atoms with Gasteiger partial charge in [-0.05, 0) is 25.0 Å². The molecule has 2 heterocycles. The lowest BCUT2D eigenvalue weighted by Crippen LogP contribution is -2.23. The Hall–Kier alpha value is -2.81. The summed E-state index contributed by atoms with van der Waals surface area (Å²) < 4.78 is 10.3. The van der Waals surface area contributed by atoms with Crippen LogP contribution in [0.25, 0.3) is 6.08 Å². The molecule has 1 N–H and O–H groups in total. The van der Waals surface area contributed by atoms with E-state index >= 15 is 0 Å². The van der Waals surface area contributed by atoms with Gasteiger partial charge in [-0.15, -0.1) is 0 Å². The number of nitriles is 1. The number of nitrogens with one attached hydrogen (secondary N) is 1. The smallest absolute Gasteiger partial charge is 0.262 e. The molecule has 120 valence electrons. The first-order valence-corrected chi connectivity index (χ1v) is 7.56. The van der Waals surface area contributed by atoms with E-state index in [0.717, 1.165) is 18.5 Å². The van der Waals surface area contributed by atoms with Crippen LogP contribution in [0.15, 0.2) is 39.0 Å². The van der Waals surface area contributed by atoms with E-state index in [1.54, 1.807) is 12.1 Å². The Balaban J connectivity index is 1.97. The second kappa shape index (κ2) is 7.99. The van der Waals surface area contributed by atoms with E-state index < -0.39 is 5.91 Å². The molecule has 0 aliphatic carbocycles. The van der Waals surface area contributed by atoms with Gasteiger partial charge in [0.15, 0.2) is 5.76 Å². The normalized spacial score (nSPS) is 11.5. The molecule has 0 aliphatic heterocycles. The third-order valence-corrected chi connectivity index (χ3v) is 3.60. The number of carbonyl (C=O) groups excluding carboxylic acids is 1. The van der Waals surface area contributed by atoms with Gasteiger partial charge >= 0.3 is 0 Å². The molecular formula is C17H19N3O3. The number of hydrogen-bond donors (Lipinski definition) is 1. The highest BCUT2D eigenvalue weighted by atomic mass is 16.5. The summed E-state index contributed by atoms with van der Waals surface area (Å²) in [6, 6.07) is 7.07. The number of furan rings is 1. The van der Waals surface area contributed by atoms with E-state index in [2.05, 4.69) is 24.3 Å². The zero-order valence-corrected chi connectivity index (χ0v) is 13.2. The van der Waals surface area contributed by atoms with Gasteiger partial charge in [-0.25, -0.2) is 0 Å². The molecule has 0 fully saturated rings. The molecule has 0 aromatic carbocycles. The number of carbonyl (C=O) groups is 1. The second-order valence-corrected chi connectivity index (χ2v) is 5.10. The van der Waals surface area contributed by atoms with Crippen LogP contribution in [0.1, 0.15) is 49.8 Å². The minimum absolute atomic E-state index is 0.0281. The maximum Gasteiger partial charge on any atom is 0.262 e. The van der Waals surface area contributed by atoms with Crippen molar-refractivity contribution >= 4 is 12.0 Å². The predicted octanol–water partition coefficient (Wildman–Crippen LogP) is 3.39. The van der Waals surface area contributed by atoms with E-state index in [4.69, 9.17) is 14.2 Å². The maximum absolute atomic E-state index is 12.0. The molecule has 6 nitrogen and oxygen atoms in total. The van der Waals surface area contributed by atoms with E-state index in [1.165, 1.54) is 12.3 Å². The Labute approximate surface area is 134 Å².